The molecule has 2 rings (SSSR count). The largest absolute Gasteiger partial charge is 0.263 e. The molecule has 0 N–H and O–H groups in total. The standard InChI is InChI=1S/C11H14BrN/c1-7(2)11-9(8-3-4-8)5-13-6-10(11)12/h5-8H,3-4H2,1-2H3. The molecule has 70 valence electrons. The van der Waals surface area contributed by atoms with Gasteiger partial charge in [-0.3, -0.25) is 4.98 Å². The lowest BCUT2D eigenvalue weighted by atomic mass is 9.97. The minimum Gasteiger partial charge on any atom is -0.263 e. The highest BCUT2D eigenvalue weighted by molar-refractivity contribution is 9.10. The highest BCUT2D eigenvalue weighted by Crippen LogP contribution is 2.44. The van der Waals surface area contributed by atoms with Gasteiger partial charge in [0.15, 0.2) is 0 Å². The highest BCUT2D eigenvalue weighted by Gasteiger charge is 2.27. The Morgan fingerprint density at radius 3 is 2.62 bits per heavy atom. The molecule has 1 aromatic rings. The molecule has 0 aliphatic heterocycles. The second-order valence-corrected chi connectivity index (χ2v) is 4.91. The summed E-state index contributed by atoms with van der Waals surface area (Å²) in [5.41, 5.74) is 2.92. The monoisotopic (exact) mass is 239 g/mol. The SMILES string of the molecule is CC(C)c1c(Br)cncc1C1CC1. The fourth-order valence-corrected chi connectivity index (χ4v) is 2.59. The molecule has 0 saturated heterocycles. The first-order valence-electron chi connectivity index (χ1n) is 4.83. The number of pyridine rings is 1. The predicted octanol–water partition coefficient (Wildman–Crippen LogP) is 3.84. The Kier molecular flexibility index (Phi) is 2.41. The maximum atomic E-state index is 4.24. The maximum absolute atomic E-state index is 4.24. The van der Waals surface area contributed by atoms with Gasteiger partial charge in [-0.05, 0) is 51.7 Å². The zero-order valence-electron chi connectivity index (χ0n) is 8.05. The Morgan fingerprint density at radius 1 is 1.38 bits per heavy atom. The van der Waals surface area contributed by atoms with Crippen molar-refractivity contribution in [3.63, 3.8) is 0 Å². The molecule has 0 amide bonds. The molecule has 0 aromatic carbocycles. The van der Waals surface area contributed by atoms with Gasteiger partial charge in [-0.15, -0.1) is 0 Å². The van der Waals surface area contributed by atoms with Crippen molar-refractivity contribution in [2.45, 2.75) is 38.5 Å². The maximum Gasteiger partial charge on any atom is 0.0413 e. The minimum atomic E-state index is 0.591. The van der Waals surface area contributed by atoms with Crippen LogP contribution in [-0.4, -0.2) is 4.98 Å². The summed E-state index contributed by atoms with van der Waals surface area (Å²) in [5.74, 6) is 1.38. The molecule has 0 radical (unpaired) electrons. The van der Waals surface area contributed by atoms with Crippen molar-refractivity contribution in [2.24, 2.45) is 0 Å². The Balaban J connectivity index is 2.47. The van der Waals surface area contributed by atoms with E-state index in [1.54, 1.807) is 0 Å². The van der Waals surface area contributed by atoms with Crippen molar-refractivity contribution < 1.29 is 0 Å². The fourth-order valence-electron chi connectivity index (χ4n) is 1.79. The normalized spacial score (nSPS) is 16.6. The Morgan fingerprint density at radius 2 is 2.08 bits per heavy atom. The zero-order chi connectivity index (χ0) is 9.42. The lowest BCUT2D eigenvalue weighted by molar-refractivity contribution is 0.829. The summed E-state index contributed by atoms with van der Waals surface area (Å²) >= 11 is 3.58. The van der Waals surface area contributed by atoms with Crippen LogP contribution in [0.4, 0.5) is 0 Å². The van der Waals surface area contributed by atoms with E-state index in [4.69, 9.17) is 0 Å². The number of hydrogen-bond donors (Lipinski definition) is 0. The highest BCUT2D eigenvalue weighted by atomic mass is 79.9. The van der Waals surface area contributed by atoms with E-state index in [1.165, 1.54) is 28.4 Å². The third kappa shape index (κ3) is 1.78. The number of hydrogen-bond acceptors (Lipinski definition) is 1. The van der Waals surface area contributed by atoms with Crippen LogP contribution in [0.1, 0.15) is 49.7 Å². The van der Waals surface area contributed by atoms with E-state index in [-0.39, 0.29) is 0 Å². The number of aromatic nitrogens is 1. The zero-order valence-corrected chi connectivity index (χ0v) is 9.63. The number of rotatable bonds is 2. The molecular weight excluding hydrogens is 226 g/mol. The van der Waals surface area contributed by atoms with Crippen molar-refractivity contribution >= 4 is 15.9 Å². The van der Waals surface area contributed by atoms with Crippen molar-refractivity contribution in [1.82, 2.24) is 4.98 Å². The number of halogens is 1. The summed E-state index contributed by atoms with van der Waals surface area (Å²) in [6, 6.07) is 0. The fraction of sp³-hybridized carbons (Fsp3) is 0.545. The van der Waals surface area contributed by atoms with Crippen LogP contribution >= 0.6 is 15.9 Å². The van der Waals surface area contributed by atoms with Gasteiger partial charge in [-0.2, -0.15) is 0 Å². The van der Waals surface area contributed by atoms with E-state index in [2.05, 4.69) is 34.8 Å². The summed E-state index contributed by atoms with van der Waals surface area (Å²) < 4.78 is 1.17. The van der Waals surface area contributed by atoms with Gasteiger partial charge in [-0.25, -0.2) is 0 Å². The van der Waals surface area contributed by atoms with Crippen LogP contribution in [0.15, 0.2) is 16.9 Å². The minimum absolute atomic E-state index is 0.591. The van der Waals surface area contributed by atoms with E-state index >= 15 is 0 Å². The molecule has 1 fully saturated rings. The van der Waals surface area contributed by atoms with Crippen molar-refractivity contribution in [3.05, 3.63) is 28.0 Å². The third-order valence-electron chi connectivity index (χ3n) is 2.56. The second kappa shape index (κ2) is 3.41. The predicted molar refractivity (Wildman–Crippen MR) is 58.0 cm³/mol. The van der Waals surface area contributed by atoms with E-state index in [0.29, 0.717) is 5.92 Å². The van der Waals surface area contributed by atoms with Gasteiger partial charge in [0.2, 0.25) is 0 Å². The van der Waals surface area contributed by atoms with Crippen molar-refractivity contribution in [1.29, 1.82) is 0 Å². The lowest BCUT2D eigenvalue weighted by Crippen LogP contribution is -1.97. The van der Waals surface area contributed by atoms with Gasteiger partial charge in [-0.1, -0.05) is 13.8 Å². The molecule has 0 atom stereocenters. The molecule has 1 aliphatic carbocycles. The van der Waals surface area contributed by atoms with E-state index in [1.807, 2.05) is 12.4 Å². The summed E-state index contributed by atoms with van der Waals surface area (Å²) in [6.45, 7) is 4.48. The van der Waals surface area contributed by atoms with Crippen molar-refractivity contribution in [3.8, 4) is 0 Å². The Labute approximate surface area is 87.7 Å². The van der Waals surface area contributed by atoms with Gasteiger partial charge >= 0.3 is 0 Å². The van der Waals surface area contributed by atoms with E-state index in [9.17, 15) is 0 Å². The van der Waals surface area contributed by atoms with Crippen LogP contribution in [-0.2, 0) is 0 Å². The van der Waals surface area contributed by atoms with Crippen LogP contribution in [0.3, 0.4) is 0 Å². The molecule has 1 heterocycles. The van der Waals surface area contributed by atoms with Crippen molar-refractivity contribution in [2.75, 3.05) is 0 Å². The quantitative estimate of drug-likeness (QED) is 0.765. The van der Waals surface area contributed by atoms with Crippen LogP contribution in [0.5, 0.6) is 0 Å². The van der Waals surface area contributed by atoms with E-state index < -0.39 is 0 Å². The smallest absolute Gasteiger partial charge is 0.0413 e. The van der Waals surface area contributed by atoms with Crippen LogP contribution < -0.4 is 0 Å². The summed E-state index contributed by atoms with van der Waals surface area (Å²) in [6.07, 6.45) is 6.63. The average molecular weight is 240 g/mol. The van der Waals surface area contributed by atoms with Gasteiger partial charge in [0.1, 0.15) is 0 Å². The average Bonchev–Trinajstić information content (AvgIpc) is 2.85. The van der Waals surface area contributed by atoms with E-state index in [0.717, 1.165) is 5.92 Å². The summed E-state index contributed by atoms with van der Waals surface area (Å²) in [5, 5.41) is 0. The summed E-state index contributed by atoms with van der Waals surface area (Å²) in [7, 11) is 0. The third-order valence-corrected chi connectivity index (χ3v) is 3.20. The molecule has 1 aliphatic rings. The lowest BCUT2D eigenvalue weighted by Gasteiger charge is -2.13. The van der Waals surface area contributed by atoms with Gasteiger partial charge < -0.3 is 0 Å². The second-order valence-electron chi connectivity index (χ2n) is 4.05. The molecule has 1 saturated carbocycles. The topological polar surface area (TPSA) is 12.9 Å². The molecule has 0 spiro atoms. The van der Waals surface area contributed by atoms with Gasteiger partial charge in [0.05, 0.1) is 0 Å². The molecular formula is C11H14BrN. The van der Waals surface area contributed by atoms with Crippen LogP contribution in [0.25, 0.3) is 0 Å². The van der Waals surface area contributed by atoms with Gasteiger partial charge in [0, 0.05) is 16.9 Å². The first kappa shape index (κ1) is 9.20. The molecule has 1 aromatic heterocycles. The van der Waals surface area contributed by atoms with Crippen LogP contribution in [0, 0.1) is 0 Å². The molecule has 0 bridgehead atoms. The Hall–Kier alpha value is -0.370. The summed E-state index contributed by atoms with van der Waals surface area (Å²) in [4.78, 5) is 4.24. The number of nitrogens with zero attached hydrogens (tertiary/aromatic N) is 1. The first-order valence-corrected chi connectivity index (χ1v) is 5.62. The first-order chi connectivity index (χ1) is 6.20. The van der Waals surface area contributed by atoms with Crippen LogP contribution in [0.2, 0.25) is 0 Å². The van der Waals surface area contributed by atoms with Gasteiger partial charge in [0.25, 0.3) is 0 Å². The molecule has 1 nitrogen and oxygen atoms in total. The molecule has 0 unspecified atom stereocenters. The molecule has 13 heavy (non-hydrogen) atoms. The Bertz CT molecular complexity index is 316. The molecule has 2 heteroatoms.